The van der Waals surface area contributed by atoms with Crippen molar-refractivity contribution in [1.29, 1.82) is 0 Å². The minimum Gasteiger partial charge on any atom is -0.497 e. The summed E-state index contributed by atoms with van der Waals surface area (Å²) in [4.78, 5) is 13.1. The molecule has 2 aromatic heterocycles. The number of hydrogen-bond acceptors (Lipinski definition) is 3. The Kier molecular flexibility index (Phi) is 3.84. The Morgan fingerprint density at radius 3 is 2.81 bits per heavy atom. The van der Waals surface area contributed by atoms with E-state index in [1.165, 1.54) is 4.68 Å². The van der Waals surface area contributed by atoms with Gasteiger partial charge >= 0.3 is 0 Å². The summed E-state index contributed by atoms with van der Waals surface area (Å²) in [6.45, 7) is 4.21. The normalized spacial score (nSPS) is 11.2. The molecule has 26 heavy (non-hydrogen) atoms. The first kappa shape index (κ1) is 16.1. The van der Waals surface area contributed by atoms with Crippen molar-refractivity contribution in [3.8, 4) is 5.75 Å². The Labute approximate surface area is 150 Å². The van der Waals surface area contributed by atoms with Crippen LogP contribution in [0.25, 0.3) is 27.9 Å². The van der Waals surface area contributed by atoms with Gasteiger partial charge in [0.15, 0.2) is 0 Å². The topological polar surface area (TPSA) is 49.1 Å². The lowest BCUT2D eigenvalue weighted by atomic mass is 10.1. The average Bonchev–Trinajstić information content (AvgIpc) is 2.96. The molecule has 2 heterocycles. The van der Waals surface area contributed by atoms with Crippen LogP contribution in [-0.4, -0.2) is 21.5 Å². The summed E-state index contributed by atoms with van der Waals surface area (Å²) in [5, 5.41) is 6.27. The molecule has 0 spiro atoms. The fourth-order valence-electron chi connectivity index (χ4n) is 3.37. The average molecular weight is 345 g/mol. The molecule has 5 nitrogen and oxygen atoms in total. The number of aromatic nitrogens is 3. The molecule has 0 atom stereocenters. The van der Waals surface area contributed by atoms with Crippen LogP contribution in [0.3, 0.4) is 0 Å². The smallest absolute Gasteiger partial charge is 0.291 e. The van der Waals surface area contributed by atoms with Crippen LogP contribution in [0.15, 0.2) is 60.0 Å². The summed E-state index contributed by atoms with van der Waals surface area (Å²) in [6.07, 6.45) is 3.57. The minimum atomic E-state index is -0.107. The maximum atomic E-state index is 13.1. The molecule has 0 bridgehead atoms. The molecule has 130 valence electrons. The molecule has 0 aliphatic carbocycles. The third kappa shape index (κ3) is 2.49. The van der Waals surface area contributed by atoms with Gasteiger partial charge in [0.2, 0.25) is 0 Å². The third-order valence-corrected chi connectivity index (χ3v) is 4.73. The zero-order valence-electron chi connectivity index (χ0n) is 14.8. The van der Waals surface area contributed by atoms with E-state index in [2.05, 4.69) is 11.7 Å². The largest absolute Gasteiger partial charge is 0.497 e. The molecular weight excluding hydrogens is 326 g/mol. The van der Waals surface area contributed by atoms with Crippen molar-refractivity contribution in [2.75, 3.05) is 7.11 Å². The molecule has 0 aliphatic rings. The Morgan fingerprint density at radius 2 is 2.04 bits per heavy atom. The lowest BCUT2D eigenvalue weighted by molar-refractivity contribution is 0.414. The Bertz CT molecular complexity index is 1200. The Hall–Kier alpha value is -3.34. The van der Waals surface area contributed by atoms with Crippen LogP contribution in [0, 0.1) is 0 Å². The number of methoxy groups -OCH3 is 1. The second kappa shape index (κ2) is 6.19. The van der Waals surface area contributed by atoms with Crippen molar-refractivity contribution < 1.29 is 4.74 Å². The first-order chi connectivity index (χ1) is 12.6. The summed E-state index contributed by atoms with van der Waals surface area (Å²) in [5.41, 5.74) is 3.53. The predicted octanol–water partition coefficient (Wildman–Crippen LogP) is 3.59. The SMILES string of the molecule is C=Cc1ccc2c(c1)c1cnn(Cc3cccc(OC)c3)c(=O)c1n2C. The van der Waals surface area contributed by atoms with Crippen LogP contribution in [0.4, 0.5) is 0 Å². The van der Waals surface area contributed by atoms with Gasteiger partial charge in [-0.3, -0.25) is 4.79 Å². The minimum absolute atomic E-state index is 0.107. The highest BCUT2D eigenvalue weighted by Gasteiger charge is 2.14. The highest BCUT2D eigenvalue weighted by atomic mass is 16.5. The number of ether oxygens (including phenoxy) is 1. The van der Waals surface area contributed by atoms with Gasteiger partial charge in [0.05, 0.1) is 19.9 Å². The number of nitrogens with zero attached hydrogens (tertiary/aromatic N) is 3. The number of aryl methyl sites for hydroxylation is 1. The maximum absolute atomic E-state index is 13.1. The van der Waals surface area contributed by atoms with Crippen molar-refractivity contribution in [2.24, 2.45) is 7.05 Å². The van der Waals surface area contributed by atoms with Gasteiger partial charge in [-0.25, -0.2) is 4.68 Å². The molecule has 4 aromatic rings. The zero-order valence-corrected chi connectivity index (χ0v) is 14.8. The third-order valence-electron chi connectivity index (χ3n) is 4.73. The summed E-state index contributed by atoms with van der Waals surface area (Å²) in [7, 11) is 3.54. The summed E-state index contributed by atoms with van der Waals surface area (Å²) in [5.74, 6) is 0.762. The zero-order chi connectivity index (χ0) is 18.3. The second-order valence-electron chi connectivity index (χ2n) is 6.26. The van der Waals surface area contributed by atoms with Crippen LogP contribution in [0.5, 0.6) is 5.75 Å². The van der Waals surface area contributed by atoms with Gasteiger partial charge in [0.25, 0.3) is 5.56 Å². The molecule has 0 aliphatic heterocycles. The van der Waals surface area contributed by atoms with E-state index < -0.39 is 0 Å². The molecular formula is C21H19N3O2. The monoisotopic (exact) mass is 345 g/mol. The quantitative estimate of drug-likeness (QED) is 0.568. The van der Waals surface area contributed by atoms with Gasteiger partial charge in [0.1, 0.15) is 11.3 Å². The van der Waals surface area contributed by atoms with Crippen LogP contribution >= 0.6 is 0 Å². The highest BCUT2D eigenvalue weighted by Crippen LogP contribution is 2.26. The lowest BCUT2D eigenvalue weighted by Crippen LogP contribution is -2.24. The van der Waals surface area contributed by atoms with Gasteiger partial charge < -0.3 is 9.30 Å². The molecule has 0 N–H and O–H groups in total. The first-order valence-electron chi connectivity index (χ1n) is 8.36. The van der Waals surface area contributed by atoms with E-state index in [-0.39, 0.29) is 5.56 Å². The fraction of sp³-hybridized carbons (Fsp3) is 0.143. The number of benzene rings is 2. The summed E-state index contributed by atoms with van der Waals surface area (Å²) < 4.78 is 8.68. The molecule has 0 saturated carbocycles. The number of hydrogen-bond donors (Lipinski definition) is 0. The molecule has 0 saturated heterocycles. The summed E-state index contributed by atoms with van der Waals surface area (Å²) >= 11 is 0. The van der Waals surface area contributed by atoms with Crippen LogP contribution in [0.1, 0.15) is 11.1 Å². The van der Waals surface area contributed by atoms with Gasteiger partial charge in [-0.15, -0.1) is 0 Å². The van der Waals surface area contributed by atoms with Gasteiger partial charge in [-0.05, 0) is 35.4 Å². The first-order valence-corrected chi connectivity index (χ1v) is 8.36. The van der Waals surface area contributed by atoms with Gasteiger partial charge in [0, 0.05) is 23.3 Å². The highest BCUT2D eigenvalue weighted by molar-refractivity contribution is 6.07. The van der Waals surface area contributed by atoms with E-state index >= 15 is 0 Å². The Balaban J connectivity index is 1.89. The van der Waals surface area contributed by atoms with E-state index in [0.717, 1.165) is 33.2 Å². The lowest BCUT2D eigenvalue weighted by Gasteiger charge is -2.07. The molecule has 0 amide bonds. The van der Waals surface area contributed by atoms with E-state index in [1.54, 1.807) is 19.4 Å². The van der Waals surface area contributed by atoms with E-state index in [4.69, 9.17) is 4.74 Å². The molecule has 0 fully saturated rings. The van der Waals surface area contributed by atoms with Crippen LogP contribution in [-0.2, 0) is 13.6 Å². The van der Waals surface area contributed by atoms with Crippen LogP contribution < -0.4 is 10.3 Å². The molecule has 0 radical (unpaired) electrons. The van der Waals surface area contributed by atoms with Crippen molar-refractivity contribution >= 4 is 27.9 Å². The van der Waals surface area contributed by atoms with Gasteiger partial charge in [-0.2, -0.15) is 5.10 Å². The van der Waals surface area contributed by atoms with Crippen LogP contribution in [0.2, 0.25) is 0 Å². The van der Waals surface area contributed by atoms with E-state index in [0.29, 0.717) is 12.1 Å². The summed E-state index contributed by atoms with van der Waals surface area (Å²) in [6, 6.07) is 13.7. The van der Waals surface area contributed by atoms with Crippen molar-refractivity contribution in [2.45, 2.75) is 6.54 Å². The number of fused-ring (bicyclic) bond motifs is 3. The second-order valence-corrected chi connectivity index (χ2v) is 6.26. The van der Waals surface area contributed by atoms with Crippen molar-refractivity contribution in [1.82, 2.24) is 14.3 Å². The maximum Gasteiger partial charge on any atom is 0.291 e. The standard InChI is InChI=1S/C21H19N3O2/c1-4-14-8-9-19-17(11-14)18-12-22-24(21(25)20(18)23(19)2)13-15-6-5-7-16(10-15)26-3/h4-12H,1,13H2,2-3H3. The molecule has 0 unspecified atom stereocenters. The Morgan fingerprint density at radius 1 is 1.19 bits per heavy atom. The van der Waals surface area contributed by atoms with E-state index in [1.807, 2.05) is 54.1 Å². The van der Waals surface area contributed by atoms with Gasteiger partial charge in [-0.1, -0.05) is 30.9 Å². The van der Waals surface area contributed by atoms with Crippen molar-refractivity contribution in [3.63, 3.8) is 0 Å². The van der Waals surface area contributed by atoms with Crippen molar-refractivity contribution in [3.05, 3.63) is 76.7 Å². The van der Waals surface area contributed by atoms with E-state index in [9.17, 15) is 4.79 Å². The predicted molar refractivity (Wildman–Crippen MR) is 105 cm³/mol. The molecule has 5 heteroatoms. The molecule has 4 rings (SSSR count). The molecule has 2 aromatic carbocycles. The number of rotatable bonds is 4. The fourth-order valence-corrected chi connectivity index (χ4v) is 3.37.